The van der Waals surface area contributed by atoms with Gasteiger partial charge in [-0.15, -0.1) is 0 Å². The summed E-state index contributed by atoms with van der Waals surface area (Å²) in [6.45, 7) is 0.893. The summed E-state index contributed by atoms with van der Waals surface area (Å²) in [5.41, 5.74) is 1.40. The van der Waals surface area contributed by atoms with Crippen molar-refractivity contribution in [2.75, 3.05) is 18.5 Å². The van der Waals surface area contributed by atoms with Gasteiger partial charge in [-0.2, -0.15) is 11.8 Å². The zero-order valence-corrected chi connectivity index (χ0v) is 20.5. The van der Waals surface area contributed by atoms with Gasteiger partial charge in [-0.25, -0.2) is 9.97 Å². The summed E-state index contributed by atoms with van der Waals surface area (Å²) in [5.74, 6) is 1.62. The second kappa shape index (κ2) is 10.7. The quantitative estimate of drug-likeness (QED) is 0.263. The minimum Gasteiger partial charge on any atom is -0.457 e. The molecule has 0 saturated carbocycles. The number of halogens is 1. The van der Waals surface area contributed by atoms with E-state index in [1.807, 2.05) is 42.1 Å². The van der Waals surface area contributed by atoms with E-state index in [2.05, 4.69) is 20.3 Å². The Hall–Kier alpha value is -3.07. The molecule has 35 heavy (non-hydrogen) atoms. The number of aromatic nitrogens is 3. The van der Waals surface area contributed by atoms with Gasteiger partial charge < -0.3 is 20.1 Å². The molecule has 3 heterocycles. The second-order valence-corrected chi connectivity index (χ2v) is 10.4. The van der Waals surface area contributed by atoms with Gasteiger partial charge in [-0.05, 0) is 37.1 Å². The highest BCUT2D eigenvalue weighted by molar-refractivity contribution is 8.00. The maximum atomic E-state index is 13.5. The second-order valence-electron chi connectivity index (χ2n) is 8.41. The van der Waals surface area contributed by atoms with Gasteiger partial charge >= 0.3 is 0 Å². The molecule has 2 atom stereocenters. The number of para-hydroxylation sites is 1. The number of ether oxygens (including phenoxy) is 1. The van der Waals surface area contributed by atoms with Crippen LogP contribution in [0.2, 0.25) is 5.02 Å². The first kappa shape index (κ1) is 23.7. The Balaban J connectivity index is 1.37. The number of nitrogens with one attached hydrogen (secondary N) is 2. The van der Waals surface area contributed by atoms with Gasteiger partial charge in [-0.1, -0.05) is 36.2 Å². The molecule has 2 aromatic heterocycles. The van der Waals surface area contributed by atoms with Gasteiger partial charge in [0.2, 0.25) is 0 Å². The summed E-state index contributed by atoms with van der Waals surface area (Å²) in [6.07, 6.45) is 6.34. The van der Waals surface area contributed by atoms with E-state index in [1.165, 1.54) is 6.33 Å². The Morgan fingerprint density at radius 3 is 2.74 bits per heavy atom. The first-order chi connectivity index (χ1) is 17.1. The van der Waals surface area contributed by atoms with Crippen LogP contribution >= 0.6 is 23.4 Å². The van der Waals surface area contributed by atoms with Crippen molar-refractivity contribution in [1.29, 1.82) is 0 Å². The van der Waals surface area contributed by atoms with Gasteiger partial charge in [0.05, 0.1) is 22.6 Å². The summed E-state index contributed by atoms with van der Waals surface area (Å²) in [5, 5.41) is 14.5. The molecule has 0 amide bonds. The maximum absolute atomic E-state index is 13.5. The highest BCUT2D eigenvalue weighted by Gasteiger charge is 2.24. The molecule has 7 nitrogen and oxygen atoms in total. The van der Waals surface area contributed by atoms with E-state index in [0.29, 0.717) is 56.3 Å². The van der Waals surface area contributed by atoms with Crippen molar-refractivity contribution in [2.24, 2.45) is 0 Å². The Kier molecular flexibility index (Phi) is 7.22. The van der Waals surface area contributed by atoms with Crippen LogP contribution in [0.25, 0.3) is 11.0 Å². The Morgan fingerprint density at radius 1 is 1.11 bits per heavy atom. The molecule has 4 aromatic rings. The number of fused-ring (bicyclic) bond motifs is 1. The van der Waals surface area contributed by atoms with Crippen molar-refractivity contribution >= 4 is 46.0 Å². The Bertz CT molecular complexity index is 1330. The molecular weight excluding hydrogens is 484 g/mol. The molecule has 1 fully saturated rings. The average Bonchev–Trinajstić information content (AvgIpc) is 3.33. The van der Waals surface area contributed by atoms with Gasteiger partial charge in [0, 0.05) is 34.9 Å². The van der Waals surface area contributed by atoms with Crippen molar-refractivity contribution in [3.05, 3.63) is 77.2 Å². The van der Waals surface area contributed by atoms with Crippen LogP contribution in [0.5, 0.6) is 11.5 Å². The van der Waals surface area contributed by atoms with E-state index in [4.69, 9.17) is 16.3 Å². The molecule has 9 heteroatoms. The van der Waals surface area contributed by atoms with Crippen LogP contribution in [0, 0.1) is 0 Å². The number of benzene rings is 2. The topological polar surface area (TPSA) is 100 Å². The Labute approximate surface area is 212 Å². The minimum absolute atomic E-state index is 0.200. The lowest BCUT2D eigenvalue weighted by Gasteiger charge is -2.27. The first-order valence-electron chi connectivity index (χ1n) is 11.5. The van der Waals surface area contributed by atoms with Gasteiger partial charge in [0.1, 0.15) is 29.3 Å². The number of H-pyrrole nitrogens is 1. The predicted octanol–water partition coefficient (Wildman–Crippen LogP) is 5.69. The molecule has 0 aliphatic carbocycles. The lowest BCUT2D eigenvalue weighted by molar-refractivity contribution is 0.104. The molecule has 3 N–H and O–H groups in total. The van der Waals surface area contributed by atoms with Crippen LogP contribution in [-0.4, -0.2) is 49.5 Å². The van der Waals surface area contributed by atoms with E-state index in [9.17, 15) is 9.90 Å². The molecule has 0 bridgehead atoms. The van der Waals surface area contributed by atoms with E-state index in [0.717, 1.165) is 19.3 Å². The number of aliphatic hydroxyl groups excluding tert-OH is 1. The van der Waals surface area contributed by atoms with Crippen molar-refractivity contribution in [1.82, 2.24) is 15.0 Å². The fourth-order valence-electron chi connectivity index (χ4n) is 4.27. The van der Waals surface area contributed by atoms with Crippen LogP contribution in [0.4, 0.5) is 5.82 Å². The SMILES string of the molecule is O=C(c1ccc(Oc2ccccc2)cc1Cl)c1c[nH]c2ncnc(NCC3CCCC(CO)S3)c12. The number of anilines is 1. The van der Waals surface area contributed by atoms with Crippen molar-refractivity contribution in [2.45, 2.75) is 29.8 Å². The third-order valence-corrected chi connectivity index (χ3v) is 7.89. The number of thioether (sulfide) groups is 1. The van der Waals surface area contributed by atoms with E-state index < -0.39 is 0 Å². The molecule has 180 valence electrons. The number of aromatic amines is 1. The number of hydrogen-bond acceptors (Lipinski definition) is 7. The number of ketones is 1. The zero-order valence-electron chi connectivity index (χ0n) is 18.9. The van der Waals surface area contributed by atoms with Crippen molar-refractivity contribution in [3.63, 3.8) is 0 Å². The molecule has 5 rings (SSSR count). The molecule has 0 spiro atoms. The number of carbonyl (C=O) groups excluding carboxylic acids is 1. The smallest absolute Gasteiger partial charge is 0.196 e. The summed E-state index contributed by atoms with van der Waals surface area (Å²) in [6, 6.07) is 14.4. The van der Waals surface area contributed by atoms with Gasteiger partial charge in [0.25, 0.3) is 0 Å². The van der Waals surface area contributed by atoms with Gasteiger partial charge in [0.15, 0.2) is 5.78 Å². The third-order valence-electron chi connectivity index (χ3n) is 6.02. The number of nitrogens with zero attached hydrogens (tertiary/aromatic N) is 2. The van der Waals surface area contributed by atoms with Crippen LogP contribution in [0.15, 0.2) is 61.1 Å². The minimum atomic E-state index is -0.224. The van der Waals surface area contributed by atoms with Crippen LogP contribution in [0.1, 0.15) is 35.2 Å². The molecule has 2 aromatic carbocycles. The van der Waals surface area contributed by atoms with Crippen molar-refractivity contribution < 1.29 is 14.6 Å². The molecule has 2 unspecified atom stereocenters. The lowest BCUT2D eigenvalue weighted by Crippen LogP contribution is -2.26. The van der Waals surface area contributed by atoms with Crippen LogP contribution < -0.4 is 10.1 Å². The normalized spacial score (nSPS) is 17.9. The van der Waals surface area contributed by atoms with E-state index in [-0.39, 0.29) is 17.6 Å². The fraction of sp³-hybridized carbons (Fsp3) is 0.269. The first-order valence-corrected chi connectivity index (χ1v) is 12.8. The number of aliphatic hydroxyl groups is 1. The number of hydrogen-bond donors (Lipinski definition) is 3. The number of carbonyl (C=O) groups is 1. The maximum Gasteiger partial charge on any atom is 0.196 e. The third kappa shape index (κ3) is 5.29. The lowest BCUT2D eigenvalue weighted by atomic mass is 10.0. The van der Waals surface area contributed by atoms with E-state index >= 15 is 0 Å². The number of rotatable bonds is 8. The Morgan fingerprint density at radius 2 is 1.94 bits per heavy atom. The van der Waals surface area contributed by atoms with E-state index in [1.54, 1.807) is 24.4 Å². The summed E-state index contributed by atoms with van der Waals surface area (Å²) < 4.78 is 5.83. The summed E-state index contributed by atoms with van der Waals surface area (Å²) >= 11 is 8.32. The molecular formula is C26H25ClN4O3S. The highest BCUT2D eigenvalue weighted by atomic mass is 35.5. The monoisotopic (exact) mass is 508 g/mol. The molecule has 1 aliphatic rings. The van der Waals surface area contributed by atoms with Crippen molar-refractivity contribution in [3.8, 4) is 11.5 Å². The average molecular weight is 509 g/mol. The summed E-state index contributed by atoms with van der Waals surface area (Å²) in [7, 11) is 0. The zero-order chi connectivity index (χ0) is 24.2. The molecule has 1 saturated heterocycles. The fourth-order valence-corrected chi connectivity index (χ4v) is 5.94. The standard InChI is InChI=1S/C26H25ClN4O3S/c27-22-11-17(34-16-5-2-1-3-6-16)9-10-20(22)24(33)21-13-29-26-23(21)25(30-15-31-26)28-12-18-7-4-8-19(14-32)35-18/h1-3,5-6,9-11,13,15,18-19,32H,4,7-8,12,14H2,(H2,28,29,30,31). The van der Waals surface area contributed by atoms with Crippen LogP contribution in [0.3, 0.4) is 0 Å². The molecule has 0 radical (unpaired) electrons. The predicted molar refractivity (Wildman–Crippen MR) is 140 cm³/mol. The largest absolute Gasteiger partial charge is 0.457 e. The van der Waals surface area contributed by atoms with Crippen LogP contribution in [-0.2, 0) is 0 Å². The van der Waals surface area contributed by atoms with Gasteiger partial charge in [-0.3, -0.25) is 4.79 Å². The highest BCUT2D eigenvalue weighted by Crippen LogP contribution is 2.33. The summed E-state index contributed by atoms with van der Waals surface area (Å²) in [4.78, 5) is 25.3. The molecule has 1 aliphatic heterocycles.